The summed E-state index contributed by atoms with van der Waals surface area (Å²) in [5, 5.41) is 9.56. The second kappa shape index (κ2) is 5.13. The van der Waals surface area contributed by atoms with Crippen molar-refractivity contribution >= 4 is 23.2 Å². The van der Waals surface area contributed by atoms with E-state index < -0.39 is 0 Å². The van der Waals surface area contributed by atoms with Gasteiger partial charge in [-0.3, -0.25) is 0 Å². The van der Waals surface area contributed by atoms with Crippen molar-refractivity contribution in [1.29, 1.82) is 5.26 Å². The van der Waals surface area contributed by atoms with Crippen molar-refractivity contribution in [2.75, 3.05) is 0 Å². The van der Waals surface area contributed by atoms with Crippen LogP contribution < -0.4 is 0 Å². The minimum absolute atomic E-state index is 0.288. The predicted octanol–water partition coefficient (Wildman–Crippen LogP) is 3.52. The Hall–Kier alpha value is -1.63. The summed E-state index contributed by atoms with van der Waals surface area (Å²) >= 11 is 12.1. The van der Waals surface area contributed by atoms with Gasteiger partial charge in [-0.2, -0.15) is 5.26 Å². The van der Waals surface area contributed by atoms with Gasteiger partial charge >= 0.3 is 0 Å². The van der Waals surface area contributed by atoms with Crippen molar-refractivity contribution < 1.29 is 0 Å². The first-order chi connectivity index (χ1) is 8.22. The van der Waals surface area contributed by atoms with Gasteiger partial charge in [0.1, 0.15) is 0 Å². The molecule has 5 heteroatoms. The second-order valence-electron chi connectivity index (χ2n) is 3.35. The first kappa shape index (κ1) is 11.8. The number of hydrogen-bond acceptors (Lipinski definition) is 3. The van der Waals surface area contributed by atoms with E-state index in [0.717, 1.165) is 5.56 Å². The standard InChI is InChI=1S/C12H7Cl2N3/c13-9-2-1-3-10(14)11(9)12-16-6-8(4-5-15)7-17-12/h1-3,6-7H,4H2. The van der Waals surface area contributed by atoms with E-state index in [-0.39, 0.29) is 6.42 Å². The molecule has 0 unspecified atom stereocenters. The fourth-order valence-electron chi connectivity index (χ4n) is 1.38. The van der Waals surface area contributed by atoms with Gasteiger partial charge in [-0.25, -0.2) is 9.97 Å². The van der Waals surface area contributed by atoms with Gasteiger partial charge in [0.2, 0.25) is 0 Å². The Morgan fingerprint density at radius 3 is 2.24 bits per heavy atom. The third-order valence-electron chi connectivity index (χ3n) is 2.17. The summed E-state index contributed by atoms with van der Waals surface area (Å²) in [6, 6.07) is 7.26. The topological polar surface area (TPSA) is 49.6 Å². The molecule has 1 aromatic heterocycles. The van der Waals surface area contributed by atoms with E-state index in [2.05, 4.69) is 9.97 Å². The van der Waals surface area contributed by atoms with Crippen LogP contribution in [0.25, 0.3) is 11.4 Å². The van der Waals surface area contributed by atoms with Crippen molar-refractivity contribution in [2.45, 2.75) is 6.42 Å². The van der Waals surface area contributed by atoms with Crippen molar-refractivity contribution in [1.82, 2.24) is 9.97 Å². The molecule has 0 bridgehead atoms. The molecule has 0 spiro atoms. The van der Waals surface area contributed by atoms with E-state index in [1.165, 1.54) is 0 Å². The zero-order valence-electron chi connectivity index (χ0n) is 8.69. The Labute approximate surface area is 109 Å². The quantitative estimate of drug-likeness (QED) is 0.833. The third kappa shape index (κ3) is 2.55. The number of aromatic nitrogens is 2. The van der Waals surface area contributed by atoms with Gasteiger partial charge in [0.05, 0.1) is 28.1 Å². The maximum Gasteiger partial charge on any atom is 0.162 e. The normalized spacial score (nSPS) is 9.94. The highest BCUT2D eigenvalue weighted by Gasteiger charge is 2.10. The number of nitriles is 1. The average molecular weight is 264 g/mol. The predicted molar refractivity (Wildman–Crippen MR) is 66.8 cm³/mol. The van der Waals surface area contributed by atoms with Gasteiger partial charge in [0.15, 0.2) is 5.82 Å². The number of hydrogen-bond donors (Lipinski definition) is 0. The summed E-state index contributed by atoms with van der Waals surface area (Å²) in [6.45, 7) is 0. The first-order valence-corrected chi connectivity index (χ1v) is 5.60. The van der Waals surface area contributed by atoms with Gasteiger partial charge in [0.25, 0.3) is 0 Å². The van der Waals surface area contributed by atoms with Crippen LogP contribution in [0.4, 0.5) is 0 Å². The van der Waals surface area contributed by atoms with Crippen LogP contribution in [0, 0.1) is 11.3 Å². The SMILES string of the molecule is N#CCc1cnc(-c2c(Cl)cccc2Cl)nc1. The molecule has 2 rings (SSSR count). The third-order valence-corrected chi connectivity index (χ3v) is 2.80. The lowest BCUT2D eigenvalue weighted by atomic mass is 10.2. The second-order valence-corrected chi connectivity index (χ2v) is 4.16. The zero-order chi connectivity index (χ0) is 12.3. The molecule has 0 aliphatic rings. The molecule has 17 heavy (non-hydrogen) atoms. The maximum absolute atomic E-state index is 8.55. The molecule has 84 valence electrons. The summed E-state index contributed by atoms with van der Waals surface area (Å²) in [5.41, 5.74) is 1.37. The van der Waals surface area contributed by atoms with Crippen molar-refractivity contribution in [2.24, 2.45) is 0 Å². The van der Waals surface area contributed by atoms with Crippen LogP contribution in [-0.4, -0.2) is 9.97 Å². The van der Waals surface area contributed by atoms with Crippen LogP contribution in [0.1, 0.15) is 5.56 Å². The molecule has 0 fully saturated rings. The Morgan fingerprint density at radius 1 is 1.12 bits per heavy atom. The van der Waals surface area contributed by atoms with Crippen LogP contribution in [0.2, 0.25) is 10.0 Å². The molecule has 0 radical (unpaired) electrons. The molecule has 0 N–H and O–H groups in total. The average Bonchev–Trinajstić information content (AvgIpc) is 2.31. The van der Waals surface area contributed by atoms with E-state index in [9.17, 15) is 0 Å². The Bertz CT molecular complexity index is 553. The van der Waals surface area contributed by atoms with E-state index in [1.54, 1.807) is 30.6 Å². The van der Waals surface area contributed by atoms with Crippen molar-refractivity contribution in [3.05, 3.63) is 46.2 Å². The molecule has 0 saturated carbocycles. The monoisotopic (exact) mass is 263 g/mol. The van der Waals surface area contributed by atoms with Crippen molar-refractivity contribution in [3.8, 4) is 17.5 Å². The van der Waals surface area contributed by atoms with E-state index in [1.807, 2.05) is 6.07 Å². The fourth-order valence-corrected chi connectivity index (χ4v) is 1.94. The van der Waals surface area contributed by atoms with E-state index in [0.29, 0.717) is 21.4 Å². The van der Waals surface area contributed by atoms with E-state index in [4.69, 9.17) is 28.5 Å². The highest BCUT2D eigenvalue weighted by atomic mass is 35.5. The van der Waals surface area contributed by atoms with Gasteiger partial charge < -0.3 is 0 Å². The molecule has 1 aromatic carbocycles. The summed E-state index contributed by atoms with van der Waals surface area (Å²) in [7, 11) is 0. The van der Waals surface area contributed by atoms with E-state index >= 15 is 0 Å². The molecular formula is C12H7Cl2N3. The molecule has 0 saturated heterocycles. The molecule has 3 nitrogen and oxygen atoms in total. The summed E-state index contributed by atoms with van der Waals surface area (Å²) in [5.74, 6) is 0.460. The summed E-state index contributed by atoms with van der Waals surface area (Å²) in [4.78, 5) is 8.32. The number of nitrogens with zero attached hydrogens (tertiary/aromatic N) is 3. The van der Waals surface area contributed by atoms with Crippen LogP contribution >= 0.6 is 23.2 Å². The lowest BCUT2D eigenvalue weighted by Gasteiger charge is -2.05. The molecule has 0 aliphatic heterocycles. The minimum Gasteiger partial charge on any atom is -0.236 e. The lowest BCUT2D eigenvalue weighted by Crippen LogP contribution is -1.93. The first-order valence-electron chi connectivity index (χ1n) is 4.84. The molecule has 0 aliphatic carbocycles. The molecule has 2 aromatic rings. The highest BCUT2D eigenvalue weighted by Crippen LogP contribution is 2.31. The van der Waals surface area contributed by atoms with Crippen LogP contribution in [0.3, 0.4) is 0 Å². The summed E-state index contributed by atoms with van der Waals surface area (Å²) in [6.07, 6.45) is 3.49. The van der Waals surface area contributed by atoms with Crippen LogP contribution in [0.5, 0.6) is 0 Å². The fraction of sp³-hybridized carbons (Fsp3) is 0.0833. The maximum atomic E-state index is 8.55. The summed E-state index contributed by atoms with van der Waals surface area (Å²) < 4.78 is 0. The number of rotatable bonds is 2. The highest BCUT2D eigenvalue weighted by molar-refractivity contribution is 6.38. The van der Waals surface area contributed by atoms with Crippen LogP contribution in [-0.2, 0) is 6.42 Å². The largest absolute Gasteiger partial charge is 0.236 e. The smallest absolute Gasteiger partial charge is 0.162 e. The Morgan fingerprint density at radius 2 is 1.71 bits per heavy atom. The van der Waals surface area contributed by atoms with Crippen LogP contribution in [0.15, 0.2) is 30.6 Å². The minimum atomic E-state index is 0.288. The number of benzene rings is 1. The van der Waals surface area contributed by atoms with Gasteiger partial charge in [-0.15, -0.1) is 0 Å². The zero-order valence-corrected chi connectivity index (χ0v) is 10.2. The Kier molecular flexibility index (Phi) is 3.58. The van der Waals surface area contributed by atoms with Gasteiger partial charge in [0, 0.05) is 18.0 Å². The lowest BCUT2D eigenvalue weighted by molar-refractivity contribution is 1.10. The number of halogens is 2. The molecule has 1 heterocycles. The Balaban J connectivity index is 2.44. The molecular weight excluding hydrogens is 257 g/mol. The van der Waals surface area contributed by atoms with Gasteiger partial charge in [-0.1, -0.05) is 29.3 Å². The van der Waals surface area contributed by atoms with Crippen molar-refractivity contribution in [3.63, 3.8) is 0 Å². The molecule has 0 amide bonds. The molecule has 0 atom stereocenters. The van der Waals surface area contributed by atoms with Gasteiger partial charge in [-0.05, 0) is 12.1 Å².